The molecule has 3 aromatic rings. The van der Waals surface area contributed by atoms with Crippen molar-refractivity contribution in [3.8, 4) is 5.75 Å². The van der Waals surface area contributed by atoms with E-state index in [9.17, 15) is 23.1 Å². The maximum Gasteiger partial charge on any atom is 0.419 e. The van der Waals surface area contributed by atoms with Crippen molar-refractivity contribution in [1.29, 1.82) is 0 Å². The highest BCUT2D eigenvalue weighted by atomic mass is 35.5. The van der Waals surface area contributed by atoms with Gasteiger partial charge < -0.3 is 15.3 Å². The first-order valence-corrected chi connectivity index (χ1v) is 10.3. The zero-order valence-corrected chi connectivity index (χ0v) is 18.4. The van der Waals surface area contributed by atoms with E-state index in [-0.39, 0.29) is 10.6 Å². The predicted octanol–water partition coefficient (Wildman–Crippen LogP) is 4.92. The molecule has 2 atom stereocenters. The second-order valence-corrected chi connectivity index (χ2v) is 9.10. The quantitative estimate of drug-likeness (QED) is 0.575. The van der Waals surface area contributed by atoms with Gasteiger partial charge in [0, 0.05) is 11.6 Å². The lowest BCUT2D eigenvalue weighted by Gasteiger charge is -2.49. The van der Waals surface area contributed by atoms with Crippen molar-refractivity contribution in [2.45, 2.75) is 43.5 Å². The third-order valence-corrected chi connectivity index (χ3v) is 6.42. The minimum atomic E-state index is -4.98. The van der Waals surface area contributed by atoms with Gasteiger partial charge in [-0.15, -0.1) is 0 Å². The molecule has 0 amide bonds. The third-order valence-electron chi connectivity index (χ3n) is 6.13. The molecule has 32 heavy (non-hydrogen) atoms. The highest BCUT2D eigenvalue weighted by molar-refractivity contribution is 6.32. The van der Waals surface area contributed by atoms with E-state index in [1.54, 1.807) is 50.2 Å². The molecule has 0 aliphatic heterocycles. The van der Waals surface area contributed by atoms with Crippen LogP contribution in [0, 0.1) is 0 Å². The first-order chi connectivity index (χ1) is 14.9. The van der Waals surface area contributed by atoms with E-state index >= 15 is 0 Å². The number of halogens is 4. The Bertz CT molecular complexity index is 1260. The van der Waals surface area contributed by atoms with E-state index in [1.165, 1.54) is 19.4 Å². The molecule has 0 bridgehead atoms. The number of alkyl halides is 3. The second kappa shape index (κ2) is 7.42. The van der Waals surface area contributed by atoms with Gasteiger partial charge in [0.05, 0.1) is 12.1 Å². The number of hydrogen-bond donors (Lipinski definition) is 2. The van der Waals surface area contributed by atoms with Crippen LogP contribution in [0.15, 0.2) is 53.5 Å². The fourth-order valence-corrected chi connectivity index (χ4v) is 4.80. The molecular weight excluding hydrogens is 445 g/mol. The standard InChI is InChI=1S/C23H22ClF3N2O3/c1-21(2)12-22(31,23(25,26)27)19(15-10-17(24)18(32-3)11-16(15)21)28-29-9-8-13-6-4-5-7-14(13)20(29)30/h4-11,19,28,31H,12H2,1-3H3. The van der Waals surface area contributed by atoms with Gasteiger partial charge in [-0.25, -0.2) is 4.68 Å². The first-order valence-electron chi connectivity index (χ1n) is 9.93. The zero-order valence-electron chi connectivity index (χ0n) is 17.6. The lowest BCUT2D eigenvalue weighted by Crippen LogP contribution is -2.60. The molecule has 5 nitrogen and oxygen atoms in total. The summed E-state index contributed by atoms with van der Waals surface area (Å²) >= 11 is 6.26. The van der Waals surface area contributed by atoms with Crippen molar-refractivity contribution in [3.63, 3.8) is 0 Å². The molecule has 2 aromatic carbocycles. The molecular formula is C23H22ClF3N2O3. The van der Waals surface area contributed by atoms with Crippen molar-refractivity contribution in [3.05, 3.63) is 75.2 Å². The topological polar surface area (TPSA) is 63.5 Å². The Balaban J connectivity index is 1.94. The Morgan fingerprint density at radius 2 is 1.91 bits per heavy atom. The van der Waals surface area contributed by atoms with E-state index in [2.05, 4.69) is 5.43 Å². The number of benzene rings is 2. The van der Waals surface area contributed by atoms with Crippen LogP contribution < -0.4 is 15.7 Å². The maximum atomic E-state index is 14.3. The third kappa shape index (κ3) is 3.42. The smallest absolute Gasteiger partial charge is 0.419 e. The molecule has 9 heteroatoms. The highest BCUT2D eigenvalue weighted by Crippen LogP contribution is 2.55. The number of fused-ring (bicyclic) bond motifs is 2. The largest absolute Gasteiger partial charge is 0.495 e. The van der Waals surface area contributed by atoms with Crippen LogP contribution in [0.2, 0.25) is 5.02 Å². The normalized spacial score (nSPS) is 22.4. The van der Waals surface area contributed by atoms with E-state index in [0.717, 1.165) is 4.68 Å². The average molecular weight is 467 g/mol. The summed E-state index contributed by atoms with van der Waals surface area (Å²) in [5, 5.41) is 12.1. The fourth-order valence-electron chi connectivity index (χ4n) is 4.55. The lowest BCUT2D eigenvalue weighted by molar-refractivity contribution is -0.276. The van der Waals surface area contributed by atoms with Crippen LogP contribution >= 0.6 is 11.6 Å². The van der Waals surface area contributed by atoms with E-state index < -0.39 is 35.2 Å². The minimum Gasteiger partial charge on any atom is -0.495 e. The molecule has 2 N–H and O–H groups in total. The van der Waals surface area contributed by atoms with Crippen LogP contribution in [0.5, 0.6) is 5.75 Å². The number of methoxy groups -OCH3 is 1. The summed E-state index contributed by atoms with van der Waals surface area (Å²) in [7, 11) is 1.42. The average Bonchev–Trinajstić information content (AvgIpc) is 2.71. The zero-order chi connectivity index (χ0) is 23.5. The monoisotopic (exact) mass is 466 g/mol. The summed E-state index contributed by atoms with van der Waals surface area (Å²) in [5.41, 5.74) is -1.42. The van der Waals surface area contributed by atoms with Crippen molar-refractivity contribution < 1.29 is 23.0 Å². The minimum absolute atomic E-state index is 0.103. The van der Waals surface area contributed by atoms with Crippen molar-refractivity contribution in [2.75, 3.05) is 12.5 Å². The molecule has 1 aliphatic rings. The molecule has 0 spiro atoms. The van der Waals surface area contributed by atoms with Crippen LogP contribution in [-0.4, -0.2) is 28.7 Å². The molecule has 1 aromatic heterocycles. The number of nitrogens with one attached hydrogen (secondary N) is 1. The molecule has 0 saturated carbocycles. The maximum absolute atomic E-state index is 14.3. The van der Waals surface area contributed by atoms with Gasteiger partial charge in [-0.05, 0) is 52.6 Å². The highest BCUT2D eigenvalue weighted by Gasteiger charge is 2.64. The van der Waals surface area contributed by atoms with Gasteiger partial charge in [0.15, 0.2) is 5.60 Å². The summed E-state index contributed by atoms with van der Waals surface area (Å²) < 4.78 is 49.1. The van der Waals surface area contributed by atoms with Gasteiger partial charge in [-0.3, -0.25) is 4.79 Å². The number of nitrogens with zero attached hydrogens (tertiary/aromatic N) is 1. The Kier molecular flexibility index (Phi) is 5.21. The lowest BCUT2D eigenvalue weighted by atomic mass is 9.63. The molecule has 0 radical (unpaired) electrons. The Hall–Kier alpha value is -2.71. The molecule has 1 heterocycles. The molecule has 4 rings (SSSR count). The second-order valence-electron chi connectivity index (χ2n) is 8.70. The Morgan fingerprint density at radius 3 is 2.56 bits per heavy atom. The van der Waals surface area contributed by atoms with E-state index in [1.807, 2.05) is 0 Å². The van der Waals surface area contributed by atoms with Gasteiger partial charge in [-0.1, -0.05) is 43.6 Å². The van der Waals surface area contributed by atoms with E-state index in [4.69, 9.17) is 16.3 Å². The first kappa shape index (κ1) is 22.5. The number of aromatic nitrogens is 1. The molecule has 170 valence electrons. The Labute approximate surface area is 187 Å². The Morgan fingerprint density at radius 1 is 1.22 bits per heavy atom. The van der Waals surface area contributed by atoms with Gasteiger partial charge >= 0.3 is 6.18 Å². The van der Waals surface area contributed by atoms with Gasteiger partial charge in [-0.2, -0.15) is 13.2 Å². The summed E-state index contributed by atoms with van der Waals surface area (Å²) in [4.78, 5) is 13.0. The van der Waals surface area contributed by atoms with Crippen LogP contribution in [0.25, 0.3) is 10.8 Å². The number of rotatable bonds is 3. The number of pyridine rings is 1. The fraction of sp³-hybridized carbons (Fsp3) is 0.348. The summed E-state index contributed by atoms with van der Waals surface area (Å²) in [5.74, 6) is 0.317. The van der Waals surface area contributed by atoms with Gasteiger partial charge in [0.2, 0.25) is 0 Å². The van der Waals surface area contributed by atoms with Crippen molar-refractivity contribution in [2.24, 2.45) is 0 Å². The predicted molar refractivity (Wildman–Crippen MR) is 117 cm³/mol. The number of aliphatic hydroxyl groups is 1. The van der Waals surface area contributed by atoms with Crippen LogP contribution in [0.1, 0.15) is 37.4 Å². The van der Waals surface area contributed by atoms with E-state index in [0.29, 0.717) is 22.1 Å². The molecule has 2 unspecified atom stereocenters. The SMILES string of the molecule is COc1cc2c(cc1Cl)C(Nn1ccc3ccccc3c1=O)C(O)(C(F)(F)F)CC2(C)C. The summed E-state index contributed by atoms with van der Waals surface area (Å²) in [6.45, 7) is 3.24. The van der Waals surface area contributed by atoms with Crippen molar-refractivity contribution >= 4 is 22.4 Å². The summed E-state index contributed by atoms with van der Waals surface area (Å²) in [6, 6.07) is 9.63. The number of ether oxygens (including phenoxy) is 1. The van der Waals surface area contributed by atoms with Crippen LogP contribution in [0.4, 0.5) is 13.2 Å². The van der Waals surface area contributed by atoms with Gasteiger partial charge in [0.25, 0.3) is 5.56 Å². The molecule has 1 aliphatic carbocycles. The number of hydrogen-bond acceptors (Lipinski definition) is 4. The van der Waals surface area contributed by atoms with Crippen LogP contribution in [-0.2, 0) is 5.41 Å². The van der Waals surface area contributed by atoms with Crippen LogP contribution in [0.3, 0.4) is 0 Å². The van der Waals surface area contributed by atoms with Crippen molar-refractivity contribution in [1.82, 2.24) is 4.68 Å². The molecule has 0 fully saturated rings. The van der Waals surface area contributed by atoms with Gasteiger partial charge in [0.1, 0.15) is 11.8 Å². The molecule has 0 saturated heterocycles. The summed E-state index contributed by atoms with van der Waals surface area (Å²) in [6.07, 6.45) is -4.25.